The molecule has 6 heterocycles. The Morgan fingerprint density at radius 1 is 0.806 bits per heavy atom. The molecule has 0 bridgehead atoms. The highest BCUT2D eigenvalue weighted by atomic mass is 16.6. The molecule has 0 saturated carbocycles. The highest BCUT2D eigenvalue weighted by Gasteiger charge is 2.30. The van der Waals surface area contributed by atoms with Crippen LogP contribution in [0.2, 0.25) is 0 Å². The van der Waals surface area contributed by atoms with Gasteiger partial charge in [0, 0.05) is 99.2 Å². The molecule has 0 aliphatic carbocycles. The van der Waals surface area contributed by atoms with Crippen LogP contribution in [-0.4, -0.2) is 143 Å². The molecule has 93 heavy (non-hydrogen) atoms. The molecule has 0 unspecified atom stereocenters. The van der Waals surface area contributed by atoms with Crippen molar-refractivity contribution in [2.24, 2.45) is 17.4 Å². The van der Waals surface area contributed by atoms with Crippen molar-refractivity contribution in [3.63, 3.8) is 0 Å². The fourth-order valence-electron chi connectivity index (χ4n) is 10.6. The number of hydrogen-bond acceptors (Lipinski definition) is 17. The number of fused-ring (bicyclic) bond motifs is 4. The maximum absolute atomic E-state index is 14.0. The highest BCUT2D eigenvalue weighted by molar-refractivity contribution is 6.13. The molecule has 8 aromatic rings. The minimum absolute atomic E-state index is 0.00955. The van der Waals surface area contributed by atoms with E-state index >= 15 is 0 Å². The minimum atomic E-state index is -1.01. The summed E-state index contributed by atoms with van der Waals surface area (Å²) in [5.41, 5.74) is 18.7. The van der Waals surface area contributed by atoms with Gasteiger partial charge >= 0.3 is 6.09 Å². The number of carbonyl (C=O) groups excluding carboxylic acids is 9. The number of pyridine rings is 1. The predicted octanol–water partition coefficient (Wildman–Crippen LogP) is 6.24. The zero-order valence-electron chi connectivity index (χ0n) is 53.0. The summed E-state index contributed by atoms with van der Waals surface area (Å²) >= 11 is 0. The van der Waals surface area contributed by atoms with Crippen LogP contribution in [0.4, 0.5) is 16.4 Å². The van der Waals surface area contributed by atoms with Crippen LogP contribution in [0.1, 0.15) is 102 Å². The van der Waals surface area contributed by atoms with Crippen molar-refractivity contribution in [3.8, 4) is 22.8 Å². The average molecular weight is 1270 g/mol. The summed E-state index contributed by atoms with van der Waals surface area (Å²) in [6.45, 7) is 13.3. The predicted molar refractivity (Wildman–Crippen MR) is 343 cm³/mol. The van der Waals surface area contributed by atoms with Crippen LogP contribution in [-0.2, 0) is 61.4 Å². The molecule has 0 fully saturated rings. The van der Waals surface area contributed by atoms with E-state index in [1.165, 1.54) is 31.1 Å². The van der Waals surface area contributed by atoms with Crippen molar-refractivity contribution >= 4 is 98.0 Å². The monoisotopic (exact) mass is 1270 g/mol. The molecule has 0 radical (unpaired) electrons. The summed E-state index contributed by atoms with van der Waals surface area (Å²) in [5.74, 6) is -4.10. The van der Waals surface area contributed by atoms with Crippen LogP contribution in [0.5, 0.6) is 11.5 Å². The number of anilines is 2. The maximum atomic E-state index is 14.0. The van der Waals surface area contributed by atoms with Crippen LogP contribution in [0.25, 0.3) is 44.2 Å². The molecule has 1 aliphatic heterocycles. The molecule has 28 heteroatoms. The van der Waals surface area contributed by atoms with Gasteiger partial charge in [0.05, 0.1) is 52.9 Å². The maximum Gasteiger partial charge on any atom is 0.409 e. The van der Waals surface area contributed by atoms with Gasteiger partial charge in [0.2, 0.25) is 41.2 Å². The molecule has 9 rings (SSSR count). The number of amides is 9. The molecule has 0 saturated heterocycles. The number of primary amides is 2. The van der Waals surface area contributed by atoms with Gasteiger partial charge < -0.3 is 60.1 Å². The number of allylic oxidation sites excluding steroid dienone is 2. The number of imidazole rings is 1. The van der Waals surface area contributed by atoms with E-state index in [-0.39, 0.29) is 85.8 Å². The lowest BCUT2D eigenvalue weighted by Crippen LogP contribution is -2.54. The standard InChI is InChI=1S/C65H73N15O13/c1-10-45-58(93-38(7)70-45)63(88)74-64-72-46-29-41(60(67)85)32-50(57(46)79(64)24-13-12-23-77-48-30-42(47-27-36(5)75-80(47)11-2)33-68-55(48)44-28-40(59(66)84)31-49(90-9)56(44)77)91-26-14-22-76(8)65(89)92-34-39-15-17-43(18-16-39)71-61(86)37(6)69-62(87)54(35(3)4)73-51(81)21-25-78-52(82)19-20-53(78)83/h12-13,15-20,27-33,35,37,54H,10-11,14,21-26,34H2,1-9H3,(H2,66,84)(H2,67,85)(H,69,87)(H,71,86)(H,73,81)(H,72,74,88)/b13-12+/t37-,54-/m0/s1. The van der Waals surface area contributed by atoms with Gasteiger partial charge in [-0.3, -0.25) is 58.2 Å². The van der Waals surface area contributed by atoms with Gasteiger partial charge in [0.15, 0.2) is 5.89 Å². The third-order valence-corrected chi connectivity index (χ3v) is 15.4. The molecule has 8 N–H and O–H groups in total. The summed E-state index contributed by atoms with van der Waals surface area (Å²) in [4.78, 5) is 132. The van der Waals surface area contributed by atoms with Gasteiger partial charge in [0.1, 0.15) is 35.7 Å². The minimum Gasteiger partial charge on any atom is -0.495 e. The van der Waals surface area contributed by atoms with Crippen molar-refractivity contribution in [3.05, 3.63) is 131 Å². The lowest BCUT2D eigenvalue weighted by atomic mass is 10.0. The first-order valence-corrected chi connectivity index (χ1v) is 30.1. The zero-order chi connectivity index (χ0) is 66.9. The summed E-state index contributed by atoms with van der Waals surface area (Å²) < 4.78 is 29.3. The largest absolute Gasteiger partial charge is 0.495 e. The summed E-state index contributed by atoms with van der Waals surface area (Å²) in [6.07, 6.45) is 7.65. The lowest BCUT2D eigenvalue weighted by Gasteiger charge is -2.24. The number of hydrogen-bond donors (Lipinski definition) is 6. The van der Waals surface area contributed by atoms with E-state index in [2.05, 4.69) is 31.3 Å². The van der Waals surface area contributed by atoms with Crippen LogP contribution in [0.3, 0.4) is 0 Å². The van der Waals surface area contributed by atoms with Crippen molar-refractivity contribution in [1.82, 2.24) is 54.3 Å². The van der Waals surface area contributed by atoms with E-state index < -0.39 is 65.4 Å². The van der Waals surface area contributed by atoms with Crippen molar-refractivity contribution in [1.29, 1.82) is 0 Å². The first kappa shape index (κ1) is 66.2. The van der Waals surface area contributed by atoms with Crippen molar-refractivity contribution < 1.29 is 61.8 Å². The Hall–Kier alpha value is -11.2. The smallest absolute Gasteiger partial charge is 0.409 e. The topological polar surface area (TPSA) is 367 Å². The second-order valence-corrected chi connectivity index (χ2v) is 22.5. The van der Waals surface area contributed by atoms with E-state index in [1.807, 2.05) is 54.3 Å². The van der Waals surface area contributed by atoms with Gasteiger partial charge in [0.25, 0.3) is 17.7 Å². The number of oxazole rings is 1. The third kappa shape index (κ3) is 15.0. The van der Waals surface area contributed by atoms with Crippen LogP contribution >= 0.6 is 0 Å². The molecule has 2 atom stereocenters. The molecule has 486 valence electrons. The van der Waals surface area contributed by atoms with Gasteiger partial charge in [-0.15, -0.1) is 0 Å². The molecule has 0 spiro atoms. The Bertz CT molecular complexity index is 4290. The summed E-state index contributed by atoms with van der Waals surface area (Å²) in [7, 11) is 3.07. The Labute approximate surface area is 533 Å². The Morgan fingerprint density at radius 2 is 1.49 bits per heavy atom. The van der Waals surface area contributed by atoms with Gasteiger partial charge in [-0.2, -0.15) is 5.10 Å². The number of benzene rings is 3. The molecule has 28 nitrogen and oxygen atoms in total. The number of aryl methyl sites for hydroxylation is 4. The van der Waals surface area contributed by atoms with Gasteiger partial charge in [-0.05, 0) is 93.6 Å². The second-order valence-electron chi connectivity index (χ2n) is 22.5. The number of imide groups is 1. The van der Waals surface area contributed by atoms with Gasteiger partial charge in [-0.25, -0.2) is 14.8 Å². The van der Waals surface area contributed by atoms with Crippen molar-refractivity contribution in [2.45, 2.75) is 106 Å². The van der Waals surface area contributed by atoms with Crippen LogP contribution < -0.4 is 42.2 Å². The van der Waals surface area contributed by atoms with E-state index in [9.17, 15) is 43.2 Å². The average Bonchev–Trinajstić information content (AvgIpc) is 1.61. The fraction of sp³-hybridized carbons (Fsp3) is 0.338. The first-order valence-electron chi connectivity index (χ1n) is 30.1. The number of nitrogens with zero attached hydrogens (tertiary/aromatic N) is 9. The second kappa shape index (κ2) is 28.7. The van der Waals surface area contributed by atoms with Crippen molar-refractivity contribution in [2.75, 3.05) is 44.5 Å². The van der Waals surface area contributed by atoms with Crippen LogP contribution in [0, 0.1) is 19.8 Å². The quantitative estimate of drug-likeness (QED) is 0.0179. The molecular formula is C65H73N15O13. The number of ether oxygens (including phenoxy) is 3. The number of aromatic nitrogens is 7. The molecule has 1 aliphatic rings. The number of rotatable bonds is 28. The molecule has 3 aromatic carbocycles. The third-order valence-electron chi connectivity index (χ3n) is 15.4. The Balaban J connectivity index is 0.865. The zero-order valence-corrected chi connectivity index (χ0v) is 53.0. The first-order chi connectivity index (χ1) is 44.5. The lowest BCUT2D eigenvalue weighted by molar-refractivity contribution is -0.137. The molecular weight excluding hydrogens is 1200 g/mol. The van der Waals surface area contributed by atoms with Gasteiger partial charge in [-0.1, -0.05) is 45.1 Å². The fourth-order valence-corrected chi connectivity index (χ4v) is 10.6. The summed E-state index contributed by atoms with van der Waals surface area (Å²) in [5, 5.41) is 16.2. The normalized spacial score (nSPS) is 12.9. The number of nitrogens with two attached hydrogens (primary N) is 2. The van der Waals surface area contributed by atoms with E-state index in [0.717, 1.165) is 39.5 Å². The Kier molecular flexibility index (Phi) is 20.5. The summed E-state index contributed by atoms with van der Waals surface area (Å²) in [6, 6.07) is 14.8. The highest BCUT2D eigenvalue weighted by Crippen LogP contribution is 2.38. The number of carbonyl (C=O) groups is 9. The van der Waals surface area contributed by atoms with E-state index in [1.54, 1.807) is 75.0 Å². The SMILES string of the molecule is CCc1nc(C)oc1C(=O)Nc1nc2cc(C(N)=O)cc(OCCCN(C)C(=O)OCc3ccc(NC(=O)[C@H](C)NC(=O)[C@@H](NC(=O)CCN4C(=O)C=CC4=O)C(C)C)cc3)c2n1C/C=C/Cn1c2cc(-c3cc(C)nn3CC)cnc2c2cc(C(N)=O)cc(OC)c21. The number of nitrogens with one attached hydrogen (secondary N) is 4. The van der Waals surface area contributed by atoms with E-state index in [0.29, 0.717) is 69.9 Å². The molecule has 5 aromatic heterocycles. The van der Waals surface area contributed by atoms with E-state index in [4.69, 9.17) is 40.1 Å². The Morgan fingerprint density at radius 3 is 2.16 bits per heavy atom. The molecule has 9 amide bonds. The van der Waals surface area contributed by atoms with Crippen LogP contribution in [0.15, 0.2) is 95.6 Å². The number of methoxy groups -OCH3 is 1.